The first kappa shape index (κ1) is 19.2. The number of amides is 1. The maximum Gasteiger partial charge on any atom is 0.220 e. The van der Waals surface area contributed by atoms with Crippen molar-refractivity contribution in [3.63, 3.8) is 0 Å². The van der Waals surface area contributed by atoms with Gasteiger partial charge in [0.25, 0.3) is 0 Å². The van der Waals surface area contributed by atoms with Gasteiger partial charge in [0.1, 0.15) is 0 Å². The molecule has 2 aromatic rings. The van der Waals surface area contributed by atoms with Crippen LogP contribution in [-0.4, -0.2) is 18.0 Å². The number of hydrogen-bond donors (Lipinski definition) is 2. The quantitative estimate of drug-likeness (QED) is 0.844. The van der Waals surface area contributed by atoms with Crippen LogP contribution >= 0.6 is 12.4 Å². The Bertz CT molecular complexity index is 749. The molecule has 1 amide bonds. The standard InChI is InChI=1S/C22H28N2O.ClH/c23-20-13-18-6-3-7-19(14-20)22(18)24-21(25)11-9-15-8-10-16-4-1-2-5-17(16)12-15;/h1-2,4-5,8,10,12,18-20,22H,3,6-7,9,11,13-14,23H2,(H,24,25);1H. The van der Waals surface area contributed by atoms with Crippen molar-refractivity contribution in [3.8, 4) is 0 Å². The predicted octanol–water partition coefficient (Wildman–Crippen LogP) is 4.22. The van der Waals surface area contributed by atoms with E-state index in [4.69, 9.17) is 5.73 Å². The highest BCUT2D eigenvalue weighted by Gasteiger charge is 2.39. The van der Waals surface area contributed by atoms with Crippen molar-refractivity contribution < 1.29 is 4.79 Å². The molecule has 0 radical (unpaired) electrons. The summed E-state index contributed by atoms with van der Waals surface area (Å²) in [5.41, 5.74) is 7.42. The van der Waals surface area contributed by atoms with Crippen LogP contribution in [0.1, 0.15) is 44.1 Å². The van der Waals surface area contributed by atoms with Crippen molar-refractivity contribution in [3.05, 3.63) is 48.0 Å². The van der Waals surface area contributed by atoms with Gasteiger partial charge in [0.15, 0.2) is 0 Å². The molecule has 2 aliphatic carbocycles. The minimum absolute atomic E-state index is 0. The Hall–Kier alpha value is -1.58. The Balaban J connectivity index is 0.00000196. The van der Waals surface area contributed by atoms with Gasteiger partial charge >= 0.3 is 0 Å². The second kappa shape index (κ2) is 8.41. The summed E-state index contributed by atoms with van der Waals surface area (Å²) < 4.78 is 0. The Morgan fingerprint density at radius 2 is 1.73 bits per heavy atom. The lowest BCUT2D eigenvalue weighted by Crippen LogP contribution is -2.53. The predicted molar refractivity (Wildman–Crippen MR) is 109 cm³/mol. The summed E-state index contributed by atoms with van der Waals surface area (Å²) in [6.07, 6.45) is 7.27. The van der Waals surface area contributed by atoms with Gasteiger partial charge < -0.3 is 11.1 Å². The Labute approximate surface area is 162 Å². The fourth-order valence-corrected chi connectivity index (χ4v) is 4.94. The van der Waals surface area contributed by atoms with E-state index in [0.29, 0.717) is 30.3 Å². The third-order valence-electron chi connectivity index (χ3n) is 6.16. The average Bonchev–Trinajstić information content (AvgIpc) is 2.60. The van der Waals surface area contributed by atoms with Crippen LogP contribution in [0, 0.1) is 11.8 Å². The number of carbonyl (C=O) groups is 1. The van der Waals surface area contributed by atoms with Gasteiger partial charge in [-0.05, 0) is 60.3 Å². The van der Waals surface area contributed by atoms with Crippen LogP contribution in [0.15, 0.2) is 42.5 Å². The summed E-state index contributed by atoms with van der Waals surface area (Å²) >= 11 is 0. The molecule has 0 saturated heterocycles. The molecule has 2 bridgehead atoms. The molecule has 2 saturated carbocycles. The number of hydrogen-bond acceptors (Lipinski definition) is 2. The van der Waals surface area contributed by atoms with E-state index in [1.807, 2.05) is 0 Å². The number of benzene rings is 2. The summed E-state index contributed by atoms with van der Waals surface area (Å²) in [7, 11) is 0. The SMILES string of the molecule is Cl.NC1CC2CCCC(C1)C2NC(=O)CCc1ccc2ccccc2c1. The van der Waals surface area contributed by atoms with Crippen LogP contribution in [0.2, 0.25) is 0 Å². The molecule has 26 heavy (non-hydrogen) atoms. The molecular formula is C22H29ClN2O. The maximum absolute atomic E-state index is 12.5. The highest BCUT2D eigenvalue weighted by Crippen LogP contribution is 2.39. The van der Waals surface area contributed by atoms with Crippen LogP contribution in [0.3, 0.4) is 0 Å². The number of nitrogens with two attached hydrogens (primary N) is 1. The Morgan fingerprint density at radius 3 is 2.46 bits per heavy atom. The Morgan fingerprint density at radius 1 is 1.04 bits per heavy atom. The number of rotatable bonds is 4. The first-order valence-electron chi connectivity index (χ1n) is 9.71. The molecule has 2 unspecified atom stereocenters. The molecule has 2 aliphatic rings. The van der Waals surface area contributed by atoms with Crippen LogP contribution in [0.5, 0.6) is 0 Å². The van der Waals surface area contributed by atoms with Crippen LogP contribution in [0.25, 0.3) is 10.8 Å². The topological polar surface area (TPSA) is 55.1 Å². The van der Waals surface area contributed by atoms with E-state index < -0.39 is 0 Å². The van der Waals surface area contributed by atoms with Crippen molar-refractivity contribution in [2.24, 2.45) is 17.6 Å². The zero-order valence-corrected chi connectivity index (χ0v) is 16.0. The summed E-state index contributed by atoms with van der Waals surface area (Å²) in [5.74, 6) is 1.38. The van der Waals surface area contributed by atoms with E-state index >= 15 is 0 Å². The van der Waals surface area contributed by atoms with Crippen molar-refractivity contribution >= 4 is 29.1 Å². The van der Waals surface area contributed by atoms with E-state index in [-0.39, 0.29) is 18.3 Å². The van der Waals surface area contributed by atoms with Gasteiger partial charge in [-0.15, -0.1) is 12.4 Å². The van der Waals surface area contributed by atoms with E-state index in [0.717, 1.165) is 19.3 Å². The first-order valence-corrected chi connectivity index (χ1v) is 9.71. The summed E-state index contributed by atoms with van der Waals surface area (Å²) in [6, 6.07) is 15.6. The van der Waals surface area contributed by atoms with Crippen LogP contribution in [0.4, 0.5) is 0 Å². The molecule has 3 nitrogen and oxygen atoms in total. The lowest BCUT2D eigenvalue weighted by Gasteiger charge is -2.45. The van der Waals surface area contributed by atoms with Gasteiger partial charge in [0, 0.05) is 18.5 Å². The van der Waals surface area contributed by atoms with E-state index in [1.165, 1.54) is 35.6 Å². The minimum Gasteiger partial charge on any atom is -0.353 e. The lowest BCUT2D eigenvalue weighted by molar-refractivity contribution is -0.123. The number of fused-ring (bicyclic) bond motifs is 3. The zero-order chi connectivity index (χ0) is 17.2. The smallest absolute Gasteiger partial charge is 0.220 e. The molecular weight excluding hydrogens is 344 g/mol. The van der Waals surface area contributed by atoms with Crippen molar-refractivity contribution in [2.45, 2.75) is 57.0 Å². The molecule has 0 aliphatic heterocycles. The molecule has 0 heterocycles. The number of carbonyl (C=O) groups excluding carboxylic acids is 1. The summed E-state index contributed by atoms with van der Waals surface area (Å²) in [5, 5.41) is 5.85. The second-order valence-corrected chi connectivity index (χ2v) is 7.96. The van der Waals surface area contributed by atoms with Gasteiger partial charge in [-0.1, -0.05) is 48.9 Å². The third-order valence-corrected chi connectivity index (χ3v) is 6.16. The van der Waals surface area contributed by atoms with E-state index in [1.54, 1.807) is 0 Å². The molecule has 4 heteroatoms. The van der Waals surface area contributed by atoms with Crippen LogP contribution in [-0.2, 0) is 11.2 Å². The largest absolute Gasteiger partial charge is 0.353 e. The number of nitrogens with one attached hydrogen (secondary N) is 1. The van der Waals surface area contributed by atoms with Gasteiger partial charge in [-0.3, -0.25) is 4.79 Å². The fourth-order valence-electron chi connectivity index (χ4n) is 4.94. The molecule has 3 N–H and O–H groups in total. The minimum atomic E-state index is 0. The molecule has 0 spiro atoms. The molecule has 2 atom stereocenters. The van der Waals surface area contributed by atoms with E-state index in [9.17, 15) is 4.79 Å². The fraction of sp³-hybridized carbons (Fsp3) is 0.500. The van der Waals surface area contributed by atoms with E-state index in [2.05, 4.69) is 47.8 Å². The maximum atomic E-state index is 12.5. The molecule has 140 valence electrons. The molecule has 2 fully saturated rings. The van der Waals surface area contributed by atoms with Crippen molar-refractivity contribution in [2.75, 3.05) is 0 Å². The normalized spacial score (nSPS) is 27.6. The number of halogens is 1. The number of aryl methyl sites for hydroxylation is 1. The van der Waals surface area contributed by atoms with Crippen molar-refractivity contribution in [1.82, 2.24) is 5.32 Å². The lowest BCUT2D eigenvalue weighted by atomic mass is 9.67. The highest BCUT2D eigenvalue weighted by molar-refractivity contribution is 5.85. The zero-order valence-electron chi connectivity index (χ0n) is 15.2. The summed E-state index contributed by atoms with van der Waals surface area (Å²) in [4.78, 5) is 12.5. The third kappa shape index (κ3) is 4.21. The summed E-state index contributed by atoms with van der Waals surface area (Å²) in [6.45, 7) is 0. The van der Waals surface area contributed by atoms with Crippen LogP contribution < -0.4 is 11.1 Å². The van der Waals surface area contributed by atoms with Crippen molar-refractivity contribution in [1.29, 1.82) is 0 Å². The monoisotopic (exact) mass is 372 g/mol. The molecule has 0 aromatic heterocycles. The highest BCUT2D eigenvalue weighted by atomic mass is 35.5. The first-order chi connectivity index (χ1) is 12.2. The molecule has 2 aromatic carbocycles. The van der Waals surface area contributed by atoms with Gasteiger partial charge in [-0.25, -0.2) is 0 Å². The van der Waals surface area contributed by atoms with Gasteiger partial charge in [0.2, 0.25) is 5.91 Å². The average molecular weight is 373 g/mol. The molecule has 4 rings (SSSR count). The van der Waals surface area contributed by atoms with Gasteiger partial charge in [-0.2, -0.15) is 0 Å². The van der Waals surface area contributed by atoms with Gasteiger partial charge in [0.05, 0.1) is 0 Å². The Kier molecular flexibility index (Phi) is 6.20. The second-order valence-electron chi connectivity index (χ2n) is 7.96.